The van der Waals surface area contributed by atoms with Gasteiger partial charge in [0.05, 0.1) is 12.9 Å². The third-order valence-electron chi connectivity index (χ3n) is 4.38. The average Bonchev–Trinajstić information content (AvgIpc) is 2.58. The molecule has 0 aromatic heterocycles. The minimum Gasteiger partial charge on any atom is -0.383 e. The van der Waals surface area contributed by atoms with E-state index in [1.165, 1.54) is 0 Å². The Morgan fingerprint density at radius 2 is 1.76 bits per heavy atom. The summed E-state index contributed by atoms with van der Waals surface area (Å²) in [6, 6.07) is 5.49. The molecule has 0 N–H and O–H groups in total. The van der Waals surface area contributed by atoms with Crippen molar-refractivity contribution in [2.24, 2.45) is 5.41 Å². The van der Waals surface area contributed by atoms with Gasteiger partial charge in [-0.25, -0.2) is 0 Å². The van der Waals surface area contributed by atoms with Gasteiger partial charge in [-0.3, -0.25) is 4.79 Å². The Bertz CT molecular complexity index is 768. The summed E-state index contributed by atoms with van der Waals surface area (Å²) in [6.07, 6.45) is 1.41. The summed E-state index contributed by atoms with van der Waals surface area (Å²) < 4.78 is 34.1. The normalized spacial score (nSPS) is 12.0. The first-order valence-electron chi connectivity index (χ1n) is 9.94. The van der Waals surface area contributed by atoms with E-state index in [1.54, 1.807) is 18.1 Å². The maximum atomic E-state index is 12.8. The summed E-state index contributed by atoms with van der Waals surface area (Å²) in [5.74, 6) is 0.246. The average molecular weight is 429 g/mol. The Kier molecular flexibility index (Phi) is 9.42. The lowest BCUT2D eigenvalue weighted by Crippen LogP contribution is -2.35. The zero-order chi connectivity index (χ0) is 22.2. The molecule has 1 aromatic rings. The SMILES string of the molecule is CCN(CC)c1ccc(CN(CCOC)C(=O)CC(C)(C)C)c(OS(C)(=O)=O)c1. The molecular formula is C21H36N2O5S. The van der Waals surface area contributed by atoms with Gasteiger partial charge in [-0.2, -0.15) is 8.42 Å². The lowest BCUT2D eigenvalue weighted by atomic mass is 9.91. The number of nitrogens with zero attached hydrogens (tertiary/aromatic N) is 2. The van der Waals surface area contributed by atoms with Crippen molar-refractivity contribution in [1.29, 1.82) is 0 Å². The van der Waals surface area contributed by atoms with Gasteiger partial charge in [0.1, 0.15) is 5.75 Å². The van der Waals surface area contributed by atoms with Crippen LogP contribution >= 0.6 is 0 Å². The van der Waals surface area contributed by atoms with Crippen LogP contribution in [0.4, 0.5) is 5.69 Å². The molecule has 0 atom stereocenters. The van der Waals surface area contributed by atoms with Crippen molar-refractivity contribution in [3.05, 3.63) is 23.8 Å². The number of anilines is 1. The molecule has 7 nitrogen and oxygen atoms in total. The van der Waals surface area contributed by atoms with E-state index in [9.17, 15) is 13.2 Å². The number of methoxy groups -OCH3 is 1. The number of carbonyl (C=O) groups is 1. The Hall–Kier alpha value is -1.80. The molecule has 0 unspecified atom stereocenters. The molecule has 0 bridgehead atoms. The molecule has 1 aromatic carbocycles. The Labute approximate surface area is 176 Å². The van der Waals surface area contributed by atoms with E-state index < -0.39 is 10.1 Å². The standard InChI is InChI=1S/C21H36N2O5S/c1-8-22(9-2)18-11-10-17(19(14-18)28-29(7,25)26)16-23(12-13-27-6)20(24)15-21(3,4)5/h10-11,14H,8-9,12-13,15-16H2,1-7H3. The summed E-state index contributed by atoms with van der Waals surface area (Å²) >= 11 is 0. The number of benzene rings is 1. The summed E-state index contributed by atoms with van der Waals surface area (Å²) in [6.45, 7) is 12.7. The van der Waals surface area contributed by atoms with Crippen LogP contribution in [0.3, 0.4) is 0 Å². The van der Waals surface area contributed by atoms with Crippen molar-refractivity contribution >= 4 is 21.7 Å². The zero-order valence-corrected chi connectivity index (χ0v) is 19.6. The number of ether oxygens (including phenoxy) is 1. The highest BCUT2D eigenvalue weighted by Gasteiger charge is 2.23. The number of rotatable bonds is 11. The quantitative estimate of drug-likeness (QED) is 0.504. The summed E-state index contributed by atoms with van der Waals surface area (Å²) in [5.41, 5.74) is 1.37. The van der Waals surface area contributed by atoms with Gasteiger partial charge < -0.3 is 18.7 Å². The van der Waals surface area contributed by atoms with Crippen LogP contribution in [0.25, 0.3) is 0 Å². The second-order valence-electron chi connectivity index (χ2n) is 8.30. The van der Waals surface area contributed by atoms with Crippen LogP contribution in [0.15, 0.2) is 18.2 Å². The van der Waals surface area contributed by atoms with Crippen LogP contribution in [0, 0.1) is 5.41 Å². The van der Waals surface area contributed by atoms with E-state index >= 15 is 0 Å². The van der Waals surface area contributed by atoms with Crippen molar-refractivity contribution in [2.45, 2.75) is 47.6 Å². The molecule has 166 valence electrons. The van der Waals surface area contributed by atoms with E-state index in [4.69, 9.17) is 8.92 Å². The fourth-order valence-electron chi connectivity index (χ4n) is 2.96. The van der Waals surface area contributed by atoms with Gasteiger partial charge in [0.15, 0.2) is 0 Å². The summed E-state index contributed by atoms with van der Waals surface area (Å²) in [4.78, 5) is 16.6. The molecule has 29 heavy (non-hydrogen) atoms. The lowest BCUT2D eigenvalue weighted by Gasteiger charge is -2.28. The van der Waals surface area contributed by atoms with Gasteiger partial charge in [-0.05, 0) is 25.3 Å². The predicted molar refractivity (Wildman–Crippen MR) is 117 cm³/mol. The molecule has 0 fully saturated rings. The smallest absolute Gasteiger partial charge is 0.306 e. The second-order valence-corrected chi connectivity index (χ2v) is 9.87. The maximum absolute atomic E-state index is 12.8. The molecular weight excluding hydrogens is 392 g/mol. The van der Waals surface area contributed by atoms with Crippen LogP contribution in [0.5, 0.6) is 5.75 Å². The minimum atomic E-state index is -3.70. The van der Waals surface area contributed by atoms with Crippen molar-refractivity contribution in [3.63, 3.8) is 0 Å². The van der Waals surface area contributed by atoms with Crippen LogP contribution in [0.1, 0.15) is 46.6 Å². The molecule has 0 spiro atoms. The van der Waals surface area contributed by atoms with E-state index in [2.05, 4.69) is 4.90 Å². The van der Waals surface area contributed by atoms with E-state index in [0.717, 1.165) is 25.0 Å². The molecule has 1 amide bonds. The van der Waals surface area contributed by atoms with Gasteiger partial charge in [-0.15, -0.1) is 0 Å². The first-order valence-corrected chi connectivity index (χ1v) is 11.8. The van der Waals surface area contributed by atoms with Crippen molar-refractivity contribution in [1.82, 2.24) is 4.90 Å². The van der Waals surface area contributed by atoms with E-state index in [1.807, 2.05) is 46.8 Å². The molecule has 0 heterocycles. The first kappa shape index (κ1) is 25.2. The van der Waals surface area contributed by atoms with E-state index in [0.29, 0.717) is 25.1 Å². The van der Waals surface area contributed by atoms with Gasteiger partial charge in [0, 0.05) is 57.0 Å². The Balaban J connectivity index is 3.26. The Morgan fingerprint density at radius 1 is 1.14 bits per heavy atom. The third-order valence-corrected chi connectivity index (χ3v) is 4.86. The molecule has 0 aliphatic heterocycles. The van der Waals surface area contributed by atoms with Crippen LogP contribution < -0.4 is 9.08 Å². The summed E-state index contributed by atoms with van der Waals surface area (Å²) in [5, 5.41) is 0. The maximum Gasteiger partial charge on any atom is 0.306 e. The lowest BCUT2D eigenvalue weighted by molar-refractivity contribution is -0.134. The molecule has 0 saturated heterocycles. The molecule has 0 radical (unpaired) electrons. The largest absolute Gasteiger partial charge is 0.383 e. The molecule has 0 saturated carbocycles. The number of hydrogen-bond donors (Lipinski definition) is 0. The minimum absolute atomic E-state index is 0.00678. The van der Waals surface area contributed by atoms with Gasteiger partial charge in [-0.1, -0.05) is 26.8 Å². The van der Waals surface area contributed by atoms with Crippen LogP contribution in [-0.2, 0) is 26.2 Å². The predicted octanol–water partition coefficient (Wildman–Crippen LogP) is 3.28. The van der Waals surface area contributed by atoms with Gasteiger partial charge in [0.25, 0.3) is 0 Å². The van der Waals surface area contributed by atoms with Gasteiger partial charge >= 0.3 is 10.1 Å². The highest BCUT2D eigenvalue weighted by molar-refractivity contribution is 7.86. The van der Waals surface area contributed by atoms with Gasteiger partial charge in [0.2, 0.25) is 5.91 Å². The number of carbonyl (C=O) groups excluding carboxylic acids is 1. The highest BCUT2D eigenvalue weighted by atomic mass is 32.2. The highest BCUT2D eigenvalue weighted by Crippen LogP contribution is 2.29. The van der Waals surface area contributed by atoms with Crippen LogP contribution in [-0.4, -0.2) is 58.8 Å². The summed E-state index contributed by atoms with van der Waals surface area (Å²) in [7, 11) is -2.12. The molecule has 8 heteroatoms. The van der Waals surface area contributed by atoms with Crippen molar-refractivity contribution in [2.75, 3.05) is 44.5 Å². The molecule has 0 aliphatic rings. The van der Waals surface area contributed by atoms with Crippen molar-refractivity contribution in [3.8, 4) is 5.75 Å². The fourth-order valence-corrected chi connectivity index (χ4v) is 3.45. The van der Waals surface area contributed by atoms with E-state index in [-0.39, 0.29) is 23.6 Å². The van der Waals surface area contributed by atoms with Crippen molar-refractivity contribution < 1.29 is 22.1 Å². The topological polar surface area (TPSA) is 76.2 Å². The second kappa shape index (κ2) is 10.8. The fraction of sp³-hybridized carbons (Fsp3) is 0.667. The number of hydrogen-bond acceptors (Lipinski definition) is 6. The monoisotopic (exact) mass is 428 g/mol. The molecule has 1 rings (SSSR count). The third kappa shape index (κ3) is 9.04. The zero-order valence-electron chi connectivity index (χ0n) is 18.8. The first-order chi connectivity index (χ1) is 13.4. The Morgan fingerprint density at radius 3 is 2.24 bits per heavy atom. The number of amides is 1. The van der Waals surface area contributed by atoms with Crippen LogP contribution in [0.2, 0.25) is 0 Å². The molecule has 0 aliphatic carbocycles.